The van der Waals surface area contributed by atoms with E-state index in [9.17, 15) is 27.6 Å². The Hall–Kier alpha value is -2.14. The van der Waals surface area contributed by atoms with Gasteiger partial charge in [0.25, 0.3) is 5.56 Å². The summed E-state index contributed by atoms with van der Waals surface area (Å²) in [4.78, 5) is 39.3. The first kappa shape index (κ1) is 25.5. The largest absolute Gasteiger partial charge is 0.459 e. The van der Waals surface area contributed by atoms with Crippen LogP contribution in [-0.4, -0.2) is 33.4 Å². The Kier molecular flexibility index (Phi) is 7.42. The van der Waals surface area contributed by atoms with Gasteiger partial charge in [0.1, 0.15) is 10.4 Å². The van der Waals surface area contributed by atoms with Crippen LogP contribution in [0.15, 0.2) is 9.59 Å². The average Bonchev–Trinajstić information content (AvgIpc) is 3.28. The number of esters is 1. The van der Waals surface area contributed by atoms with E-state index in [4.69, 9.17) is 4.74 Å². The number of aromatic nitrogens is 2. The molecule has 0 bridgehead atoms. The van der Waals surface area contributed by atoms with Crippen molar-refractivity contribution in [1.82, 2.24) is 14.5 Å². The van der Waals surface area contributed by atoms with Gasteiger partial charge in [-0.15, -0.1) is 11.3 Å². The summed E-state index contributed by atoms with van der Waals surface area (Å²) in [6, 6.07) is -0.292. The fourth-order valence-corrected chi connectivity index (χ4v) is 5.44. The number of carbonyl (C=O) groups is 1. The number of fused-ring (bicyclic) bond motifs is 1. The molecule has 2 heterocycles. The third-order valence-electron chi connectivity index (χ3n) is 5.63. The highest BCUT2D eigenvalue weighted by molar-refractivity contribution is 7.18. The van der Waals surface area contributed by atoms with Crippen LogP contribution in [0.25, 0.3) is 10.2 Å². The van der Waals surface area contributed by atoms with Gasteiger partial charge in [0.05, 0.1) is 18.4 Å². The SMILES string of the molecule is Cc1c(CNCC(=O)OC(C)(C)C)sc2c1c(=O)n(C1CCCC1)c(=O)n2CCC(F)(F)F. The number of hydrogen-bond acceptors (Lipinski definition) is 6. The van der Waals surface area contributed by atoms with E-state index in [0.717, 1.165) is 33.3 Å². The molecule has 0 saturated heterocycles. The van der Waals surface area contributed by atoms with E-state index in [1.165, 1.54) is 0 Å². The van der Waals surface area contributed by atoms with Crippen LogP contribution in [0.2, 0.25) is 0 Å². The predicted molar refractivity (Wildman–Crippen MR) is 121 cm³/mol. The molecule has 1 aliphatic carbocycles. The maximum absolute atomic E-state index is 13.3. The minimum absolute atomic E-state index is 0.0574. The van der Waals surface area contributed by atoms with Crippen molar-refractivity contribution in [2.45, 2.75) is 90.7 Å². The molecule has 0 radical (unpaired) electrons. The Morgan fingerprint density at radius 1 is 1.18 bits per heavy atom. The highest BCUT2D eigenvalue weighted by Gasteiger charge is 2.30. The normalized spacial score (nSPS) is 15.5. The number of halogens is 3. The van der Waals surface area contributed by atoms with E-state index in [1.807, 2.05) is 0 Å². The number of rotatable bonds is 7. The van der Waals surface area contributed by atoms with Crippen LogP contribution in [-0.2, 0) is 22.6 Å². The minimum Gasteiger partial charge on any atom is -0.459 e. The van der Waals surface area contributed by atoms with Gasteiger partial charge < -0.3 is 10.1 Å². The zero-order valence-corrected chi connectivity index (χ0v) is 20.1. The molecule has 3 rings (SSSR count). The number of alkyl halides is 3. The van der Waals surface area contributed by atoms with Crippen molar-refractivity contribution in [3.8, 4) is 0 Å². The predicted octanol–water partition coefficient (Wildman–Crippen LogP) is 4.03. The van der Waals surface area contributed by atoms with E-state index in [1.54, 1.807) is 27.7 Å². The Morgan fingerprint density at radius 2 is 1.82 bits per heavy atom. The maximum Gasteiger partial charge on any atom is 0.390 e. The van der Waals surface area contributed by atoms with Gasteiger partial charge >= 0.3 is 17.8 Å². The van der Waals surface area contributed by atoms with Crippen LogP contribution >= 0.6 is 11.3 Å². The first-order chi connectivity index (χ1) is 15.3. The van der Waals surface area contributed by atoms with Gasteiger partial charge in [-0.3, -0.25) is 18.7 Å². The molecule has 184 valence electrons. The average molecular weight is 490 g/mol. The van der Waals surface area contributed by atoms with Gasteiger partial charge in [-0.05, 0) is 46.1 Å². The Balaban J connectivity index is 1.98. The van der Waals surface area contributed by atoms with Gasteiger partial charge in [0.2, 0.25) is 0 Å². The quantitative estimate of drug-likeness (QED) is 0.594. The van der Waals surface area contributed by atoms with Crippen molar-refractivity contribution in [3.05, 3.63) is 31.3 Å². The minimum atomic E-state index is -4.43. The number of nitrogens with zero attached hydrogens (tertiary/aromatic N) is 2. The third-order valence-corrected chi connectivity index (χ3v) is 6.94. The van der Waals surface area contributed by atoms with Crippen LogP contribution in [0.5, 0.6) is 0 Å². The Bertz CT molecular complexity index is 1140. The molecule has 0 aromatic carbocycles. The smallest absolute Gasteiger partial charge is 0.390 e. The molecule has 1 N–H and O–H groups in total. The summed E-state index contributed by atoms with van der Waals surface area (Å²) in [5, 5.41) is 3.25. The molecule has 0 atom stereocenters. The van der Waals surface area contributed by atoms with E-state index >= 15 is 0 Å². The molecule has 1 aliphatic rings. The zero-order chi connectivity index (χ0) is 24.6. The van der Waals surface area contributed by atoms with Gasteiger partial charge in [0, 0.05) is 24.0 Å². The molecule has 11 heteroatoms. The van der Waals surface area contributed by atoms with E-state index < -0.39 is 42.0 Å². The van der Waals surface area contributed by atoms with Crippen LogP contribution in [0.4, 0.5) is 13.2 Å². The summed E-state index contributed by atoms with van der Waals surface area (Å²) in [6.45, 7) is 6.63. The fourth-order valence-electron chi connectivity index (χ4n) is 4.15. The second-order valence-corrected chi connectivity index (χ2v) is 10.5. The van der Waals surface area contributed by atoms with Gasteiger partial charge in [-0.25, -0.2) is 4.79 Å². The lowest BCUT2D eigenvalue weighted by Gasteiger charge is -2.19. The van der Waals surface area contributed by atoms with Crippen LogP contribution in [0.1, 0.15) is 69.4 Å². The van der Waals surface area contributed by atoms with Gasteiger partial charge in [0.15, 0.2) is 0 Å². The van der Waals surface area contributed by atoms with Crippen molar-refractivity contribution in [2.24, 2.45) is 0 Å². The number of thiophene rings is 1. The molecule has 33 heavy (non-hydrogen) atoms. The van der Waals surface area contributed by atoms with E-state index in [0.29, 0.717) is 23.3 Å². The van der Waals surface area contributed by atoms with Crippen molar-refractivity contribution >= 4 is 27.5 Å². The summed E-state index contributed by atoms with van der Waals surface area (Å²) < 4.78 is 46.4. The van der Waals surface area contributed by atoms with E-state index in [2.05, 4.69) is 5.32 Å². The summed E-state index contributed by atoms with van der Waals surface area (Å²) in [6.07, 6.45) is -2.52. The summed E-state index contributed by atoms with van der Waals surface area (Å²) in [5.74, 6) is -0.438. The van der Waals surface area contributed by atoms with Crippen LogP contribution in [0, 0.1) is 6.92 Å². The summed E-state index contributed by atoms with van der Waals surface area (Å²) in [5.41, 5.74) is -1.13. The maximum atomic E-state index is 13.3. The van der Waals surface area contributed by atoms with E-state index in [-0.39, 0.29) is 29.3 Å². The lowest BCUT2D eigenvalue weighted by molar-refractivity contribution is -0.153. The molecular weight excluding hydrogens is 459 g/mol. The second kappa shape index (κ2) is 9.61. The van der Waals surface area contributed by atoms with Crippen molar-refractivity contribution in [3.63, 3.8) is 0 Å². The second-order valence-electron chi connectivity index (χ2n) is 9.43. The first-order valence-electron chi connectivity index (χ1n) is 11.0. The van der Waals surface area contributed by atoms with Crippen LogP contribution in [0.3, 0.4) is 0 Å². The molecule has 2 aromatic rings. The molecule has 7 nitrogen and oxygen atoms in total. The number of nitrogens with one attached hydrogen (secondary N) is 1. The van der Waals surface area contributed by atoms with Crippen molar-refractivity contribution in [1.29, 1.82) is 0 Å². The van der Waals surface area contributed by atoms with Crippen molar-refractivity contribution in [2.75, 3.05) is 6.54 Å². The Labute approximate surface area is 193 Å². The monoisotopic (exact) mass is 489 g/mol. The standard InChI is InChI=1S/C22H30F3N3O4S/c1-13-15(11-26-12-16(29)32-21(2,3)4)33-19-17(13)18(30)28(14-7-5-6-8-14)20(31)27(19)10-9-22(23,24)25/h14,26H,5-12H2,1-4H3. The third kappa shape index (κ3) is 6.06. The number of ether oxygens (including phenoxy) is 1. The molecule has 0 spiro atoms. The molecule has 0 unspecified atom stereocenters. The molecule has 0 amide bonds. The molecule has 1 fully saturated rings. The number of carbonyl (C=O) groups excluding carboxylic acids is 1. The topological polar surface area (TPSA) is 82.3 Å². The first-order valence-corrected chi connectivity index (χ1v) is 11.9. The summed E-state index contributed by atoms with van der Waals surface area (Å²) in [7, 11) is 0. The summed E-state index contributed by atoms with van der Waals surface area (Å²) >= 11 is 1.11. The van der Waals surface area contributed by atoms with Gasteiger partial charge in [-0.2, -0.15) is 13.2 Å². The molecule has 2 aromatic heterocycles. The van der Waals surface area contributed by atoms with Crippen molar-refractivity contribution < 1.29 is 22.7 Å². The van der Waals surface area contributed by atoms with Crippen LogP contribution < -0.4 is 16.6 Å². The molecular formula is C22H30F3N3O4S. The fraction of sp³-hybridized carbons (Fsp3) is 0.682. The Morgan fingerprint density at radius 3 is 2.39 bits per heavy atom. The highest BCUT2D eigenvalue weighted by Crippen LogP contribution is 2.32. The lowest BCUT2D eigenvalue weighted by atomic mass is 10.2. The zero-order valence-electron chi connectivity index (χ0n) is 19.3. The number of hydrogen-bond donors (Lipinski definition) is 1. The molecule has 0 aliphatic heterocycles. The number of aryl methyl sites for hydroxylation is 2. The van der Waals surface area contributed by atoms with Gasteiger partial charge in [-0.1, -0.05) is 12.8 Å². The molecule has 1 saturated carbocycles. The lowest BCUT2D eigenvalue weighted by Crippen LogP contribution is -2.42. The highest BCUT2D eigenvalue weighted by atomic mass is 32.1.